The highest BCUT2D eigenvalue weighted by Gasteiger charge is 2.37. The smallest absolute Gasteiger partial charge is 0.352 e. The van der Waals surface area contributed by atoms with Crippen molar-refractivity contribution in [2.45, 2.75) is 37.4 Å². The van der Waals surface area contributed by atoms with E-state index in [0.717, 1.165) is 12.1 Å². The van der Waals surface area contributed by atoms with Crippen LogP contribution in [-0.4, -0.2) is 19.5 Å². The first-order chi connectivity index (χ1) is 15.4. The van der Waals surface area contributed by atoms with Gasteiger partial charge in [-0.1, -0.05) is 12.1 Å². The van der Waals surface area contributed by atoms with E-state index in [0.29, 0.717) is 24.1 Å². The van der Waals surface area contributed by atoms with E-state index < -0.39 is 47.3 Å². The third kappa shape index (κ3) is 6.11. The maximum atomic E-state index is 13.8. The van der Waals surface area contributed by atoms with Crippen molar-refractivity contribution in [2.75, 3.05) is 13.2 Å². The molecule has 0 radical (unpaired) electrons. The number of hydrogen-bond donors (Lipinski definition) is 0. The maximum absolute atomic E-state index is 13.8. The lowest BCUT2D eigenvalue weighted by atomic mass is 9.82. The quantitative estimate of drug-likeness (QED) is 0.331. The van der Waals surface area contributed by atoms with Crippen LogP contribution >= 0.6 is 0 Å². The van der Waals surface area contributed by atoms with Gasteiger partial charge in [0.2, 0.25) is 0 Å². The lowest BCUT2D eigenvalue weighted by Crippen LogP contribution is -2.36. The van der Waals surface area contributed by atoms with Crippen LogP contribution in [0.4, 0.5) is 35.1 Å². The Morgan fingerprint density at radius 3 is 2.12 bits per heavy atom. The van der Waals surface area contributed by atoms with E-state index >= 15 is 0 Å². The summed E-state index contributed by atoms with van der Waals surface area (Å²) < 4.78 is 117. The second-order valence-electron chi connectivity index (χ2n) is 7.66. The molecule has 0 unspecified atom stereocenters. The summed E-state index contributed by atoms with van der Waals surface area (Å²) in [4.78, 5) is 0. The Bertz CT molecular complexity index is 951. The molecular weight excluding hydrogens is 460 g/mol. The third-order valence-corrected chi connectivity index (χ3v) is 5.44. The van der Waals surface area contributed by atoms with E-state index in [2.05, 4.69) is 6.58 Å². The molecule has 2 nitrogen and oxygen atoms in total. The molecular formula is C23H20F8O2. The minimum Gasteiger partial charge on any atom is -0.352 e. The number of allylic oxidation sites excluding steroid dienone is 1. The number of benzene rings is 2. The molecule has 0 bridgehead atoms. The van der Waals surface area contributed by atoms with E-state index in [-0.39, 0.29) is 37.2 Å². The van der Waals surface area contributed by atoms with E-state index in [1.54, 1.807) is 6.08 Å². The van der Waals surface area contributed by atoms with E-state index in [1.807, 2.05) is 0 Å². The molecule has 1 aliphatic heterocycles. The number of halogens is 8. The molecule has 1 aliphatic rings. The molecule has 1 fully saturated rings. The number of hydrogen-bond acceptors (Lipinski definition) is 2. The van der Waals surface area contributed by atoms with Gasteiger partial charge in [0.15, 0.2) is 17.9 Å². The van der Waals surface area contributed by atoms with Gasteiger partial charge in [-0.2, -0.15) is 26.3 Å². The predicted molar refractivity (Wildman–Crippen MR) is 103 cm³/mol. The molecule has 180 valence electrons. The zero-order chi connectivity index (χ0) is 24.4. The van der Waals surface area contributed by atoms with Gasteiger partial charge >= 0.3 is 12.4 Å². The molecule has 3 atom stereocenters. The molecule has 1 saturated heterocycles. The van der Waals surface area contributed by atoms with Gasteiger partial charge in [0, 0.05) is 5.92 Å². The molecule has 10 heteroatoms. The standard InChI is InChI=1S/C23H20F8O2/c1-2-14-6-8-33-21(20(14)15-3-4-18(24)19(25)11-15)32-7-5-13-9-16(22(26,27)28)12-17(10-13)23(29,30)31/h2-4,9-12,14,20-21H,1,5-8H2/t14-,20+,21-/m0/s1. The first kappa shape index (κ1) is 25.2. The summed E-state index contributed by atoms with van der Waals surface area (Å²) in [5.74, 6) is -2.91. The van der Waals surface area contributed by atoms with Gasteiger partial charge in [-0.3, -0.25) is 0 Å². The van der Waals surface area contributed by atoms with Crippen molar-refractivity contribution in [2.24, 2.45) is 5.92 Å². The highest BCUT2D eigenvalue weighted by molar-refractivity contribution is 5.34. The van der Waals surface area contributed by atoms with Crippen molar-refractivity contribution in [1.82, 2.24) is 0 Å². The van der Waals surface area contributed by atoms with Crippen molar-refractivity contribution in [1.29, 1.82) is 0 Å². The van der Waals surface area contributed by atoms with Crippen LogP contribution in [0.3, 0.4) is 0 Å². The van der Waals surface area contributed by atoms with Crippen molar-refractivity contribution >= 4 is 0 Å². The number of alkyl halides is 6. The summed E-state index contributed by atoms with van der Waals surface area (Å²) in [5.41, 5.74) is -2.65. The summed E-state index contributed by atoms with van der Waals surface area (Å²) in [6.45, 7) is 3.73. The topological polar surface area (TPSA) is 18.5 Å². The second kappa shape index (κ2) is 9.80. The average molecular weight is 480 g/mol. The fourth-order valence-electron chi connectivity index (χ4n) is 3.80. The maximum Gasteiger partial charge on any atom is 0.416 e. The molecule has 0 amide bonds. The predicted octanol–water partition coefficient (Wildman–Crippen LogP) is 6.89. The molecule has 0 aromatic heterocycles. The normalized spacial score (nSPS) is 21.8. The van der Waals surface area contributed by atoms with E-state index in [4.69, 9.17) is 9.47 Å². The Labute approximate surface area is 184 Å². The summed E-state index contributed by atoms with van der Waals surface area (Å²) >= 11 is 0. The van der Waals surface area contributed by atoms with Crippen LogP contribution in [0.1, 0.15) is 34.6 Å². The summed E-state index contributed by atoms with van der Waals surface area (Å²) in [5, 5.41) is 0. The first-order valence-electron chi connectivity index (χ1n) is 9.99. The molecule has 1 heterocycles. The Hall–Kier alpha value is -2.46. The molecule has 0 spiro atoms. The zero-order valence-electron chi connectivity index (χ0n) is 17.1. The molecule has 2 aromatic rings. The summed E-state index contributed by atoms with van der Waals surface area (Å²) in [7, 11) is 0. The fraction of sp³-hybridized carbons (Fsp3) is 0.391. The SMILES string of the molecule is C=C[C@H]1CCO[C@H](OCCc2cc(C(F)(F)F)cc(C(F)(F)F)c2)[C@H]1c1ccc(F)c(F)c1. The highest BCUT2D eigenvalue weighted by Crippen LogP contribution is 2.39. The first-order valence-corrected chi connectivity index (χ1v) is 9.99. The van der Waals surface area contributed by atoms with E-state index in [9.17, 15) is 35.1 Å². The average Bonchev–Trinajstić information content (AvgIpc) is 2.74. The van der Waals surface area contributed by atoms with Gasteiger partial charge in [0.25, 0.3) is 0 Å². The zero-order valence-corrected chi connectivity index (χ0v) is 17.1. The van der Waals surface area contributed by atoms with Gasteiger partial charge in [0.05, 0.1) is 24.3 Å². The van der Waals surface area contributed by atoms with Crippen LogP contribution in [-0.2, 0) is 28.2 Å². The number of ether oxygens (including phenoxy) is 2. The van der Waals surface area contributed by atoms with Crippen LogP contribution < -0.4 is 0 Å². The summed E-state index contributed by atoms with van der Waals surface area (Å²) in [6.07, 6.45) is -8.98. The van der Waals surface area contributed by atoms with Gasteiger partial charge in [-0.25, -0.2) is 8.78 Å². The van der Waals surface area contributed by atoms with E-state index in [1.165, 1.54) is 6.07 Å². The van der Waals surface area contributed by atoms with Gasteiger partial charge in [-0.15, -0.1) is 6.58 Å². The minimum absolute atomic E-state index is 0.0579. The Balaban J connectivity index is 1.79. The Morgan fingerprint density at radius 2 is 1.58 bits per heavy atom. The Morgan fingerprint density at radius 1 is 0.939 bits per heavy atom. The lowest BCUT2D eigenvalue weighted by molar-refractivity contribution is -0.182. The van der Waals surface area contributed by atoms with Crippen LogP contribution in [0.5, 0.6) is 0 Å². The van der Waals surface area contributed by atoms with Crippen molar-refractivity contribution in [3.05, 3.63) is 82.9 Å². The molecule has 2 aromatic carbocycles. The van der Waals surface area contributed by atoms with Crippen LogP contribution in [0.2, 0.25) is 0 Å². The van der Waals surface area contributed by atoms with Gasteiger partial charge in [-0.05, 0) is 60.2 Å². The monoisotopic (exact) mass is 480 g/mol. The molecule has 3 rings (SSSR count). The number of rotatable bonds is 6. The molecule has 0 saturated carbocycles. The van der Waals surface area contributed by atoms with Gasteiger partial charge < -0.3 is 9.47 Å². The molecule has 0 N–H and O–H groups in total. The molecule has 33 heavy (non-hydrogen) atoms. The third-order valence-electron chi connectivity index (χ3n) is 5.44. The van der Waals surface area contributed by atoms with Crippen LogP contribution in [0.15, 0.2) is 49.1 Å². The van der Waals surface area contributed by atoms with Crippen LogP contribution in [0.25, 0.3) is 0 Å². The molecule has 0 aliphatic carbocycles. The van der Waals surface area contributed by atoms with Gasteiger partial charge in [0.1, 0.15) is 0 Å². The minimum atomic E-state index is -4.95. The van der Waals surface area contributed by atoms with Crippen molar-refractivity contribution < 1.29 is 44.6 Å². The summed E-state index contributed by atoms with van der Waals surface area (Å²) in [6, 6.07) is 4.66. The largest absolute Gasteiger partial charge is 0.416 e. The highest BCUT2D eigenvalue weighted by atomic mass is 19.4. The van der Waals surface area contributed by atoms with Crippen molar-refractivity contribution in [3.8, 4) is 0 Å². The lowest BCUT2D eigenvalue weighted by Gasteiger charge is -2.37. The fourth-order valence-corrected chi connectivity index (χ4v) is 3.80. The van der Waals surface area contributed by atoms with Crippen molar-refractivity contribution in [3.63, 3.8) is 0 Å². The van der Waals surface area contributed by atoms with Crippen LogP contribution in [0, 0.1) is 17.6 Å². The Kier molecular flexibility index (Phi) is 7.48. The second-order valence-corrected chi connectivity index (χ2v) is 7.66.